The zero-order valence-corrected chi connectivity index (χ0v) is 5.75. The van der Waals surface area contributed by atoms with E-state index in [2.05, 4.69) is 19.6 Å². The van der Waals surface area contributed by atoms with Crippen LogP contribution in [0.15, 0.2) is 0 Å². The number of hydrogen-bond acceptors (Lipinski definition) is 4. The molecule has 0 rings (SSSR count). The fourth-order valence-electron chi connectivity index (χ4n) is 0.234. The van der Waals surface area contributed by atoms with Crippen LogP contribution in [0.1, 0.15) is 6.92 Å². The summed E-state index contributed by atoms with van der Waals surface area (Å²) in [4.78, 5) is 8.87. The van der Waals surface area contributed by atoms with Crippen LogP contribution in [0, 0.1) is 0 Å². The molecule has 0 aliphatic carbocycles. The van der Waals surface area contributed by atoms with E-state index in [1.807, 2.05) is 0 Å². The molecule has 0 aromatic rings. The van der Waals surface area contributed by atoms with Crippen molar-refractivity contribution in [2.75, 3.05) is 26.9 Å². The molecular weight excluding hydrogens is 124 g/mol. The summed E-state index contributed by atoms with van der Waals surface area (Å²) in [5.74, 6) is 0. The van der Waals surface area contributed by atoms with Crippen LogP contribution in [-0.2, 0) is 19.6 Å². The van der Waals surface area contributed by atoms with Crippen LogP contribution >= 0.6 is 0 Å². The lowest BCUT2D eigenvalue weighted by Gasteiger charge is -1.98. The summed E-state index contributed by atoms with van der Waals surface area (Å²) in [7, 11) is 1.59. The van der Waals surface area contributed by atoms with Gasteiger partial charge in [-0.25, -0.2) is 9.78 Å². The first-order valence-corrected chi connectivity index (χ1v) is 2.81. The lowest BCUT2D eigenvalue weighted by molar-refractivity contribution is -0.511. The molecule has 56 valence electrons. The number of hydrogen-bond donors (Lipinski definition) is 0. The Kier molecular flexibility index (Phi) is 7.70. The highest BCUT2D eigenvalue weighted by atomic mass is 17.5. The lowest BCUT2D eigenvalue weighted by Crippen LogP contribution is -2.03. The fourth-order valence-corrected chi connectivity index (χ4v) is 0.234. The Morgan fingerprint density at radius 2 is 1.89 bits per heavy atom. The van der Waals surface area contributed by atoms with Crippen LogP contribution in [0.2, 0.25) is 0 Å². The average molecular weight is 136 g/mol. The first-order valence-electron chi connectivity index (χ1n) is 2.81. The zero-order chi connectivity index (χ0) is 6.95. The van der Waals surface area contributed by atoms with Crippen LogP contribution in [0.25, 0.3) is 0 Å². The van der Waals surface area contributed by atoms with E-state index in [0.717, 1.165) is 0 Å². The maximum Gasteiger partial charge on any atom is 0.109 e. The first kappa shape index (κ1) is 8.84. The minimum Gasteiger partial charge on any atom is -0.382 e. The molecule has 0 spiro atoms. The predicted molar refractivity (Wildman–Crippen MR) is 30.5 cm³/mol. The van der Waals surface area contributed by atoms with E-state index < -0.39 is 0 Å². The standard InChI is InChI=1S/C5H12O4/c1-3-7-9-8-5-4-6-2/h3-5H2,1-2H3. The summed E-state index contributed by atoms with van der Waals surface area (Å²) in [6.07, 6.45) is 0. The highest BCUT2D eigenvalue weighted by Gasteiger charge is 1.85. The number of rotatable bonds is 6. The Morgan fingerprint density at radius 3 is 2.44 bits per heavy atom. The largest absolute Gasteiger partial charge is 0.382 e. The smallest absolute Gasteiger partial charge is 0.109 e. The Balaban J connectivity index is 2.60. The molecule has 0 fully saturated rings. The van der Waals surface area contributed by atoms with Gasteiger partial charge in [0, 0.05) is 7.11 Å². The van der Waals surface area contributed by atoms with Crippen LogP contribution in [0.4, 0.5) is 0 Å². The SMILES string of the molecule is CCOOOCCOC. The minimum atomic E-state index is 0.385. The molecule has 4 nitrogen and oxygen atoms in total. The van der Waals surface area contributed by atoms with E-state index >= 15 is 0 Å². The molecule has 9 heavy (non-hydrogen) atoms. The van der Waals surface area contributed by atoms with Crippen molar-refractivity contribution < 1.29 is 19.6 Å². The third-order valence-corrected chi connectivity index (χ3v) is 0.585. The summed E-state index contributed by atoms with van der Waals surface area (Å²) in [5.41, 5.74) is 0. The molecule has 0 amide bonds. The normalized spacial score (nSPS) is 10.0. The van der Waals surface area contributed by atoms with Crippen molar-refractivity contribution in [2.45, 2.75) is 6.92 Å². The van der Waals surface area contributed by atoms with Crippen LogP contribution in [0.5, 0.6) is 0 Å². The monoisotopic (exact) mass is 136 g/mol. The maximum absolute atomic E-state index is 4.66. The summed E-state index contributed by atoms with van der Waals surface area (Å²) >= 11 is 0. The van der Waals surface area contributed by atoms with Crippen molar-refractivity contribution in [3.8, 4) is 0 Å². The maximum atomic E-state index is 4.66. The van der Waals surface area contributed by atoms with Gasteiger partial charge < -0.3 is 4.74 Å². The highest BCUT2D eigenvalue weighted by Crippen LogP contribution is 1.79. The fraction of sp³-hybridized carbons (Fsp3) is 1.00. The van der Waals surface area contributed by atoms with E-state index in [4.69, 9.17) is 0 Å². The topological polar surface area (TPSA) is 36.9 Å². The third kappa shape index (κ3) is 7.84. The average Bonchev–Trinajstić information content (AvgIpc) is 1.89. The molecule has 4 heteroatoms. The quantitative estimate of drug-likeness (QED) is 0.303. The van der Waals surface area contributed by atoms with Gasteiger partial charge in [0.15, 0.2) is 0 Å². The highest BCUT2D eigenvalue weighted by molar-refractivity contribution is 4.16. The second kappa shape index (κ2) is 7.84. The van der Waals surface area contributed by atoms with E-state index in [0.29, 0.717) is 19.8 Å². The van der Waals surface area contributed by atoms with E-state index in [1.165, 1.54) is 0 Å². The van der Waals surface area contributed by atoms with Gasteiger partial charge in [-0.05, 0) is 6.92 Å². The first-order chi connectivity index (χ1) is 4.41. The third-order valence-electron chi connectivity index (χ3n) is 0.585. The summed E-state index contributed by atoms with van der Waals surface area (Å²) < 4.78 is 4.66. The molecule has 0 aromatic carbocycles. The molecule has 0 saturated heterocycles. The van der Waals surface area contributed by atoms with Gasteiger partial charge in [-0.15, -0.1) is 0 Å². The Bertz CT molecular complexity index is 42.2. The van der Waals surface area contributed by atoms with Crippen molar-refractivity contribution in [2.24, 2.45) is 0 Å². The molecule has 0 radical (unpaired) electrons. The summed E-state index contributed by atoms with van der Waals surface area (Å²) in [6, 6.07) is 0. The predicted octanol–water partition coefficient (Wildman–Crippen LogP) is 0.532. The molecule has 0 aliphatic rings. The molecule has 0 N–H and O–H groups in total. The van der Waals surface area contributed by atoms with Gasteiger partial charge in [0.25, 0.3) is 0 Å². The second-order valence-corrected chi connectivity index (χ2v) is 1.29. The molecule has 0 aliphatic heterocycles. The van der Waals surface area contributed by atoms with Gasteiger partial charge in [-0.3, -0.25) is 0 Å². The van der Waals surface area contributed by atoms with Gasteiger partial charge in [-0.1, -0.05) is 5.04 Å². The summed E-state index contributed by atoms with van der Waals surface area (Å²) in [6.45, 7) is 3.18. The Hall–Kier alpha value is -0.160. The number of ether oxygens (including phenoxy) is 1. The summed E-state index contributed by atoms with van der Waals surface area (Å²) in [5, 5.41) is 4.20. The van der Waals surface area contributed by atoms with Crippen molar-refractivity contribution >= 4 is 0 Å². The van der Waals surface area contributed by atoms with Crippen LogP contribution < -0.4 is 0 Å². The Labute approximate surface area is 54.5 Å². The van der Waals surface area contributed by atoms with E-state index in [-0.39, 0.29) is 0 Å². The lowest BCUT2D eigenvalue weighted by atomic mass is 10.8. The van der Waals surface area contributed by atoms with Gasteiger partial charge in [0.2, 0.25) is 0 Å². The molecule has 0 saturated carbocycles. The van der Waals surface area contributed by atoms with Gasteiger partial charge >= 0.3 is 0 Å². The van der Waals surface area contributed by atoms with Gasteiger partial charge in [0.1, 0.15) is 6.61 Å². The Morgan fingerprint density at radius 1 is 1.11 bits per heavy atom. The molecule has 0 unspecified atom stereocenters. The zero-order valence-electron chi connectivity index (χ0n) is 5.75. The molecule has 0 aromatic heterocycles. The van der Waals surface area contributed by atoms with E-state index in [1.54, 1.807) is 14.0 Å². The van der Waals surface area contributed by atoms with Crippen LogP contribution in [-0.4, -0.2) is 26.9 Å². The van der Waals surface area contributed by atoms with Gasteiger partial charge in [-0.2, -0.15) is 0 Å². The molecule has 0 atom stereocenters. The minimum absolute atomic E-state index is 0.385. The number of methoxy groups -OCH3 is 1. The van der Waals surface area contributed by atoms with Crippen molar-refractivity contribution in [3.63, 3.8) is 0 Å². The van der Waals surface area contributed by atoms with Crippen molar-refractivity contribution in [1.82, 2.24) is 0 Å². The van der Waals surface area contributed by atoms with Gasteiger partial charge in [0.05, 0.1) is 13.2 Å². The van der Waals surface area contributed by atoms with Crippen molar-refractivity contribution in [3.05, 3.63) is 0 Å². The van der Waals surface area contributed by atoms with Crippen molar-refractivity contribution in [1.29, 1.82) is 0 Å². The van der Waals surface area contributed by atoms with Crippen LogP contribution in [0.3, 0.4) is 0 Å². The molecule has 0 bridgehead atoms. The molecular formula is C5H12O4. The molecule has 0 heterocycles. The van der Waals surface area contributed by atoms with E-state index in [9.17, 15) is 0 Å². The second-order valence-electron chi connectivity index (χ2n) is 1.29.